The van der Waals surface area contributed by atoms with E-state index in [0.717, 1.165) is 37.6 Å². The molecule has 1 unspecified atom stereocenters. The van der Waals surface area contributed by atoms with Crippen molar-refractivity contribution in [1.29, 1.82) is 0 Å². The zero-order valence-corrected chi connectivity index (χ0v) is 19.9. The van der Waals surface area contributed by atoms with Crippen LogP contribution in [0.3, 0.4) is 0 Å². The molecule has 0 saturated heterocycles. The highest BCUT2D eigenvalue weighted by Crippen LogP contribution is 2.05. The third-order valence-corrected chi connectivity index (χ3v) is 4.33. The lowest BCUT2D eigenvalue weighted by Gasteiger charge is -2.30. The maximum absolute atomic E-state index is 10.2. The van der Waals surface area contributed by atoms with Crippen LogP contribution in [-0.4, -0.2) is 60.3 Å². The standard InChI is InChI=1S/C21H38N4O.HI/c1-6-22-21(23-13-10-14-25(17(2)3)18(4)5)24-16-20(26)15-19-11-8-7-9-12-19;/h7-9,11-12,17-18,20,26H,6,10,13-16H2,1-5H3,(H2,22,23,24);1H. The second kappa shape index (κ2) is 15.1. The van der Waals surface area contributed by atoms with Crippen molar-refractivity contribution in [2.75, 3.05) is 26.2 Å². The Kier molecular flexibility index (Phi) is 14.6. The molecule has 0 aliphatic heterocycles. The highest BCUT2D eigenvalue weighted by atomic mass is 127. The van der Waals surface area contributed by atoms with Crippen LogP contribution in [-0.2, 0) is 6.42 Å². The molecule has 1 aromatic rings. The van der Waals surface area contributed by atoms with Gasteiger partial charge in [0.15, 0.2) is 5.96 Å². The number of hydrogen-bond donors (Lipinski definition) is 3. The Morgan fingerprint density at radius 1 is 1.07 bits per heavy atom. The van der Waals surface area contributed by atoms with Crippen LogP contribution in [0.1, 0.15) is 46.6 Å². The Morgan fingerprint density at radius 2 is 1.70 bits per heavy atom. The van der Waals surface area contributed by atoms with Crippen molar-refractivity contribution in [2.45, 2.75) is 65.6 Å². The second-order valence-corrected chi connectivity index (χ2v) is 7.27. The summed E-state index contributed by atoms with van der Waals surface area (Å²) in [5.74, 6) is 0.778. The number of halogens is 1. The second-order valence-electron chi connectivity index (χ2n) is 7.27. The largest absolute Gasteiger partial charge is 0.391 e. The van der Waals surface area contributed by atoms with Crippen LogP contribution in [0, 0.1) is 0 Å². The number of guanidine groups is 1. The lowest BCUT2D eigenvalue weighted by atomic mass is 10.1. The molecule has 0 radical (unpaired) electrons. The number of nitrogens with one attached hydrogen (secondary N) is 2. The normalized spacial score (nSPS) is 13.0. The Morgan fingerprint density at radius 3 is 2.26 bits per heavy atom. The summed E-state index contributed by atoms with van der Waals surface area (Å²) in [4.78, 5) is 7.02. The summed E-state index contributed by atoms with van der Waals surface area (Å²) in [5, 5.41) is 16.8. The highest BCUT2D eigenvalue weighted by molar-refractivity contribution is 14.0. The lowest BCUT2D eigenvalue weighted by Crippen LogP contribution is -2.41. The van der Waals surface area contributed by atoms with Gasteiger partial charge in [0.25, 0.3) is 0 Å². The number of rotatable bonds is 11. The van der Waals surface area contributed by atoms with E-state index in [1.807, 2.05) is 30.3 Å². The summed E-state index contributed by atoms with van der Waals surface area (Å²) in [7, 11) is 0. The van der Waals surface area contributed by atoms with Gasteiger partial charge >= 0.3 is 0 Å². The van der Waals surface area contributed by atoms with Crippen molar-refractivity contribution in [3.8, 4) is 0 Å². The van der Waals surface area contributed by atoms with Gasteiger partial charge in [-0.1, -0.05) is 30.3 Å². The number of aliphatic hydroxyl groups excluding tert-OH is 1. The molecule has 1 aromatic carbocycles. The van der Waals surface area contributed by atoms with E-state index in [4.69, 9.17) is 0 Å². The molecule has 1 atom stereocenters. The summed E-state index contributed by atoms with van der Waals surface area (Å²) < 4.78 is 0. The minimum absolute atomic E-state index is 0. The molecular weight excluding hydrogens is 451 g/mol. The first-order chi connectivity index (χ1) is 12.4. The molecule has 27 heavy (non-hydrogen) atoms. The molecule has 3 N–H and O–H groups in total. The van der Waals surface area contributed by atoms with Gasteiger partial charge < -0.3 is 15.7 Å². The third-order valence-electron chi connectivity index (χ3n) is 4.33. The van der Waals surface area contributed by atoms with E-state index < -0.39 is 6.10 Å². The summed E-state index contributed by atoms with van der Waals surface area (Å²) in [6.07, 6.45) is 1.22. The number of aliphatic imine (C=N–C) groups is 1. The summed E-state index contributed by atoms with van der Waals surface area (Å²) in [6.45, 7) is 14.2. The number of hydrogen-bond acceptors (Lipinski definition) is 3. The summed E-state index contributed by atoms with van der Waals surface area (Å²) in [5.41, 5.74) is 1.13. The van der Waals surface area contributed by atoms with Crippen LogP contribution in [0.25, 0.3) is 0 Å². The van der Waals surface area contributed by atoms with E-state index in [9.17, 15) is 5.11 Å². The van der Waals surface area contributed by atoms with Crippen LogP contribution < -0.4 is 10.6 Å². The van der Waals surface area contributed by atoms with Crippen molar-refractivity contribution in [1.82, 2.24) is 15.5 Å². The van der Waals surface area contributed by atoms with Crippen molar-refractivity contribution in [3.63, 3.8) is 0 Å². The first-order valence-corrected chi connectivity index (χ1v) is 9.94. The molecule has 6 heteroatoms. The monoisotopic (exact) mass is 490 g/mol. The van der Waals surface area contributed by atoms with Crippen molar-refractivity contribution in [2.24, 2.45) is 4.99 Å². The van der Waals surface area contributed by atoms with E-state index in [1.165, 1.54) is 0 Å². The van der Waals surface area contributed by atoms with Gasteiger partial charge in [-0.3, -0.25) is 9.89 Å². The van der Waals surface area contributed by atoms with Gasteiger partial charge in [0.05, 0.1) is 12.6 Å². The van der Waals surface area contributed by atoms with Crippen molar-refractivity contribution >= 4 is 29.9 Å². The predicted octanol–water partition coefficient (Wildman–Crippen LogP) is 3.27. The average molecular weight is 490 g/mol. The van der Waals surface area contributed by atoms with Crippen LogP contribution in [0.15, 0.2) is 35.3 Å². The fourth-order valence-electron chi connectivity index (χ4n) is 3.07. The molecule has 0 aliphatic rings. The average Bonchev–Trinajstić information content (AvgIpc) is 2.59. The van der Waals surface area contributed by atoms with Crippen molar-refractivity contribution < 1.29 is 5.11 Å². The first kappa shape index (κ1) is 26.1. The SMILES string of the molecule is CCNC(=NCC(O)Cc1ccccc1)NCCCN(C(C)C)C(C)C.I. The topological polar surface area (TPSA) is 59.9 Å². The van der Waals surface area contributed by atoms with Gasteiger partial charge in [-0.25, -0.2) is 0 Å². The Bertz CT molecular complexity index is 500. The van der Waals surface area contributed by atoms with Crippen molar-refractivity contribution in [3.05, 3.63) is 35.9 Å². The minimum atomic E-state index is -0.467. The van der Waals surface area contributed by atoms with Crippen LogP contribution in [0.5, 0.6) is 0 Å². The summed E-state index contributed by atoms with van der Waals surface area (Å²) in [6, 6.07) is 11.2. The zero-order valence-electron chi connectivity index (χ0n) is 17.6. The van der Waals surface area contributed by atoms with Gasteiger partial charge in [0.2, 0.25) is 0 Å². The molecule has 0 aromatic heterocycles. The van der Waals surface area contributed by atoms with Crippen LogP contribution in [0.4, 0.5) is 0 Å². The first-order valence-electron chi connectivity index (χ1n) is 9.94. The fraction of sp³-hybridized carbons (Fsp3) is 0.667. The van der Waals surface area contributed by atoms with E-state index in [0.29, 0.717) is 25.0 Å². The number of aliphatic hydroxyl groups is 1. The molecule has 0 bridgehead atoms. The molecule has 0 amide bonds. The quantitative estimate of drug-likeness (QED) is 0.193. The van der Waals surface area contributed by atoms with Gasteiger partial charge in [-0.05, 0) is 46.6 Å². The van der Waals surface area contributed by atoms with E-state index in [1.54, 1.807) is 0 Å². The van der Waals surface area contributed by atoms with E-state index in [2.05, 4.69) is 55.1 Å². The minimum Gasteiger partial charge on any atom is -0.391 e. The Hall–Kier alpha value is -0.860. The summed E-state index contributed by atoms with van der Waals surface area (Å²) >= 11 is 0. The molecule has 5 nitrogen and oxygen atoms in total. The Balaban J connectivity index is 0.00000676. The van der Waals surface area contributed by atoms with Gasteiger partial charge in [0.1, 0.15) is 0 Å². The lowest BCUT2D eigenvalue weighted by molar-refractivity contribution is 0.173. The zero-order chi connectivity index (χ0) is 19.4. The molecular formula is C21H39IN4O. The molecule has 1 rings (SSSR count). The smallest absolute Gasteiger partial charge is 0.191 e. The van der Waals surface area contributed by atoms with E-state index >= 15 is 0 Å². The molecule has 0 spiro atoms. The maximum atomic E-state index is 10.2. The molecule has 0 saturated carbocycles. The van der Waals surface area contributed by atoms with Gasteiger partial charge in [-0.15, -0.1) is 24.0 Å². The molecule has 156 valence electrons. The van der Waals surface area contributed by atoms with E-state index in [-0.39, 0.29) is 24.0 Å². The predicted molar refractivity (Wildman–Crippen MR) is 127 cm³/mol. The van der Waals surface area contributed by atoms with Gasteiger partial charge in [-0.2, -0.15) is 0 Å². The fourth-order valence-corrected chi connectivity index (χ4v) is 3.07. The van der Waals surface area contributed by atoms with Gasteiger partial charge in [0, 0.05) is 38.1 Å². The molecule has 0 heterocycles. The number of benzene rings is 1. The van der Waals surface area contributed by atoms with Crippen LogP contribution in [0.2, 0.25) is 0 Å². The molecule has 0 aliphatic carbocycles. The van der Waals surface area contributed by atoms with Crippen LogP contribution >= 0.6 is 24.0 Å². The third kappa shape index (κ3) is 11.5. The highest BCUT2D eigenvalue weighted by Gasteiger charge is 2.12. The Labute approximate surface area is 183 Å². The number of nitrogens with zero attached hydrogens (tertiary/aromatic N) is 2. The maximum Gasteiger partial charge on any atom is 0.191 e. The molecule has 0 fully saturated rings.